The van der Waals surface area contributed by atoms with Gasteiger partial charge in [0.25, 0.3) is 5.69 Å². The average Bonchev–Trinajstić information content (AvgIpc) is 3.33. The molecule has 0 radical (unpaired) electrons. The summed E-state index contributed by atoms with van der Waals surface area (Å²) in [5.74, 6) is -0.174. The molecule has 1 saturated heterocycles. The SMILES string of the molecule is COC(=O)/C=C/c1ccc(N2CCCC(c3nc(-c4ccc(F)cc4)no3)C2)c([N+](=O)[O-])c1. The Morgan fingerprint density at radius 2 is 2.09 bits per heavy atom. The van der Waals surface area contributed by atoms with E-state index in [-0.39, 0.29) is 17.4 Å². The number of carbonyl (C=O) groups excluding carboxylic acids is 1. The number of halogens is 1. The van der Waals surface area contributed by atoms with Gasteiger partial charge in [-0.15, -0.1) is 0 Å². The topological polar surface area (TPSA) is 112 Å². The molecule has 1 aliphatic rings. The molecule has 0 N–H and O–H groups in total. The lowest BCUT2D eigenvalue weighted by Gasteiger charge is -2.32. The van der Waals surface area contributed by atoms with Crippen LogP contribution < -0.4 is 4.90 Å². The molecule has 0 bridgehead atoms. The summed E-state index contributed by atoms with van der Waals surface area (Å²) in [6, 6.07) is 10.6. The van der Waals surface area contributed by atoms with Gasteiger partial charge in [-0.05, 0) is 54.8 Å². The molecule has 0 amide bonds. The normalized spacial score (nSPS) is 16.2. The Hall–Kier alpha value is -4.08. The maximum atomic E-state index is 13.2. The van der Waals surface area contributed by atoms with Crippen LogP contribution in [0, 0.1) is 15.9 Å². The maximum Gasteiger partial charge on any atom is 0.330 e. The zero-order chi connectivity index (χ0) is 23.4. The average molecular weight is 452 g/mol. The fourth-order valence-corrected chi connectivity index (χ4v) is 3.80. The number of carbonyl (C=O) groups is 1. The Kier molecular flexibility index (Phi) is 6.43. The number of hydrogen-bond donors (Lipinski definition) is 0. The Morgan fingerprint density at radius 1 is 1.30 bits per heavy atom. The molecular weight excluding hydrogens is 431 g/mol. The van der Waals surface area contributed by atoms with Crippen molar-refractivity contribution in [1.29, 1.82) is 0 Å². The van der Waals surface area contributed by atoms with Crippen molar-refractivity contribution in [3.8, 4) is 11.4 Å². The van der Waals surface area contributed by atoms with Crippen molar-refractivity contribution < 1.29 is 23.4 Å². The highest BCUT2D eigenvalue weighted by Crippen LogP contribution is 2.35. The van der Waals surface area contributed by atoms with Crippen LogP contribution in [0.4, 0.5) is 15.8 Å². The number of methoxy groups -OCH3 is 1. The van der Waals surface area contributed by atoms with Crippen LogP contribution in [0.5, 0.6) is 0 Å². The monoisotopic (exact) mass is 452 g/mol. The largest absolute Gasteiger partial charge is 0.466 e. The summed E-state index contributed by atoms with van der Waals surface area (Å²) in [5, 5.41) is 15.7. The van der Waals surface area contributed by atoms with E-state index in [1.807, 2.05) is 4.90 Å². The van der Waals surface area contributed by atoms with Gasteiger partial charge in [-0.1, -0.05) is 11.2 Å². The van der Waals surface area contributed by atoms with E-state index in [0.29, 0.717) is 41.6 Å². The van der Waals surface area contributed by atoms with Crippen LogP contribution in [-0.2, 0) is 9.53 Å². The lowest BCUT2D eigenvalue weighted by Crippen LogP contribution is -2.34. The Morgan fingerprint density at radius 3 is 2.82 bits per heavy atom. The molecule has 1 atom stereocenters. The fourth-order valence-electron chi connectivity index (χ4n) is 3.80. The van der Waals surface area contributed by atoms with E-state index >= 15 is 0 Å². The first-order valence-corrected chi connectivity index (χ1v) is 10.3. The first-order chi connectivity index (χ1) is 15.9. The molecule has 4 rings (SSSR count). The number of aromatic nitrogens is 2. The molecule has 1 aromatic heterocycles. The molecular formula is C23H21FN4O5. The number of anilines is 1. The van der Waals surface area contributed by atoms with E-state index in [4.69, 9.17) is 4.52 Å². The van der Waals surface area contributed by atoms with Gasteiger partial charge in [0, 0.05) is 30.8 Å². The van der Waals surface area contributed by atoms with E-state index < -0.39 is 10.9 Å². The maximum absolute atomic E-state index is 13.2. The van der Waals surface area contributed by atoms with Crippen LogP contribution in [0.1, 0.15) is 30.2 Å². The first-order valence-electron chi connectivity index (χ1n) is 10.3. The third kappa shape index (κ3) is 5.05. The summed E-state index contributed by atoms with van der Waals surface area (Å²) >= 11 is 0. The lowest BCUT2D eigenvalue weighted by atomic mass is 9.97. The van der Waals surface area contributed by atoms with Gasteiger partial charge in [0.15, 0.2) is 0 Å². The molecule has 33 heavy (non-hydrogen) atoms. The molecule has 0 spiro atoms. The van der Waals surface area contributed by atoms with Gasteiger partial charge < -0.3 is 14.2 Å². The number of piperidine rings is 1. The highest BCUT2D eigenvalue weighted by molar-refractivity contribution is 5.87. The number of nitrogens with zero attached hydrogens (tertiary/aromatic N) is 4. The molecule has 10 heteroatoms. The highest BCUT2D eigenvalue weighted by atomic mass is 19.1. The highest BCUT2D eigenvalue weighted by Gasteiger charge is 2.29. The standard InChI is InChI=1S/C23H21FN4O5/c1-32-21(29)11-5-15-4-10-19(20(13-15)28(30)31)27-12-2-3-17(14-27)23-25-22(26-33-23)16-6-8-18(24)9-7-16/h4-11,13,17H,2-3,12,14H2,1H3/b11-5+. The Labute approximate surface area is 188 Å². The number of nitro benzene ring substituents is 1. The van der Waals surface area contributed by atoms with E-state index in [2.05, 4.69) is 14.9 Å². The molecule has 1 fully saturated rings. The van der Waals surface area contributed by atoms with E-state index in [9.17, 15) is 19.3 Å². The zero-order valence-corrected chi connectivity index (χ0v) is 17.8. The van der Waals surface area contributed by atoms with Crippen molar-refractivity contribution in [2.75, 3.05) is 25.1 Å². The summed E-state index contributed by atoms with van der Waals surface area (Å²) < 4.78 is 23.2. The third-order valence-corrected chi connectivity index (χ3v) is 5.46. The molecule has 3 aromatic rings. The molecule has 2 aromatic carbocycles. The van der Waals surface area contributed by atoms with Gasteiger partial charge >= 0.3 is 5.97 Å². The molecule has 0 saturated carbocycles. The van der Waals surface area contributed by atoms with Gasteiger partial charge in [-0.3, -0.25) is 10.1 Å². The summed E-state index contributed by atoms with van der Waals surface area (Å²) in [6.45, 7) is 1.12. The molecule has 1 unspecified atom stereocenters. The van der Waals surface area contributed by atoms with E-state index in [1.54, 1.807) is 24.3 Å². The minimum Gasteiger partial charge on any atom is -0.466 e. The van der Waals surface area contributed by atoms with Crippen LogP contribution >= 0.6 is 0 Å². The predicted octanol–water partition coefficient (Wildman–Crippen LogP) is 4.35. The number of esters is 1. The molecule has 2 heterocycles. The predicted molar refractivity (Wildman–Crippen MR) is 118 cm³/mol. The summed E-state index contributed by atoms with van der Waals surface area (Å²) in [6.07, 6.45) is 4.27. The zero-order valence-electron chi connectivity index (χ0n) is 17.8. The summed E-state index contributed by atoms with van der Waals surface area (Å²) in [5.41, 5.74) is 1.59. The van der Waals surface area contributed by atoms with Gasteiger partial charge in [-0.25, -0.2) is 9.18 Å². The fraction of sp³-hybridized carbons (Fsp3) is 0.261. The Bertz CT molecular complexity index is 1190. The van der Waals surface area contributed by atoms with Gasteiger partial charge in [0.05, 0.1) is 18.0 Å². The molecule has 9 nitrogen and oxygen atoms in total. The lowest BCUT2D eigenvalue weighted by molar-refractivity contribution is -0.384. The van der Waals surface area contributed by atoms with E-state index in [1.165, 1.54) is 37.5 Å². The third-order valence-electron chi connectivity index (χ3n) is 5.46. The number of hydrogen-bond acceptors (Lipinski definition) is 8. The van der Waals surface area contributed by atoms with Gasteiger partial charge in [0.1, 0.15) is 11.5 Å². The second kappa shape index (κ2) is 9.60. The second-order valence-corrected chi connectivity index (χ2v) is 7.61. The van der Waals surface area contributed by atoms with Gasteiger partial charge in [0.2, 0.25) is 11.7 Å². The number of ether oxygens (including phenoxy) is 1. The van der Waals surface area contributed by atoms with Crippen molar-refractivity contribution in [3.05, 3.63) is 75.9 Å². The van der Waals surface area contributed by atoms with Crippen LogP contribution in [0.2, 0.25) is 0 Å². The van der Waals surface area contributed by atoms with Crippen LogP contribution in [0.3, 0.4) is 0 Å². The van der Waals surface area contributed by atoms with Crippen molar-refractivity contribution >= 4 is 23.4 Å². The van der Waals surface area contributed by atoms with Crippen molar-refractivity contribution in [3.63, 3.8) is 0 Å². The summed E-state index contributed by atoms with van der Waals surface area (Å²) in [4.78, 5) is 29.0. The molecule has 170 valence electrons. The Balaban J connectivity index is 1.55. The number of rotatable bonds is 6. The van der Waals surface area contributed by atoms with Gasteiger partial charge in [-0.2, -0.15) is 4.98 Å². The van der Waals surface area contributed by atoms with E-state index in [0.717, 1.165) is 12.8 Å². The molecule has 1 aliphatic heterocycles. The minimum atomic E-state index is -0.542. The number of benzene rings is 2. The second-order valence-electron chi connectivity index (χ2n) is 7.61. The first kappa shape index (κ1) is 22.1. The molecule has 0 aliphatic carbocycles. The number of nitro groups is 1. The smallest absolute Gasteiger partial charge is 0.330 e. The van der Waals surface area contributed by atoms with Crippen molar-refractivity contribution in [2.45, 2.75) is 18.8 Å². The minimum absolute atomic E-state index is 0.0554. The van der Waals surface area contributed by atoms with Crippen LogP contribution in [0.15, 0.2) is 53.1 Å². The van der Waals surface area contributed by atoms with Crippen molar-refractivity contribution in [1.82, 2.24) is 10.1 Å². The van der Waals surface area contributed by atoms with Crippen molar-refractivity contribution in [2.24, 2.45) is 0 Å². The quantitative estimate of drug-likeness (QED) is 0.235. The summed E-state index contributed by atoms with van der Waals surface area (Å²) in [7, 11) is 1.26. The van der Waals surface area contributed by atoms with Crippen LogP contribution in [0.25, 0.3) is 17.5 Å². The van der Waals surface area contributed by atoms with Crippen LogP contribution in [-0.4, -0.2) is 41.2 Å².